The molecule has 1 aromatic carbocycles. The van der Waals surface area contributed by atoms with Crippen molar-refractivity contribution in [2.45, 2.75) is 32.1 Å². The Kier molecular flexibility index (Phi) is 1.79. The second-order valence-electron chi connectivity index (χ2n) is 4.43. The van der Waals surface area contributed by atoms with Crippen molar-refractivity contribution < 1.29 is 4.74 Å². The molecule has 0 bridgehead atoms. The molecule has 1 nitrogen and oxygen atoms in total. The largest absolute Gasteiger partial charge is 0.493 e. The van der Waals surface area contributed by atoms with Crippen molar-refractivity contribution in [3.8, 4) is 5.75 Å². The van der Waals surface area contributed by atoms with E-state index in [4.69, 9.17) is 4.74 Å². The van der Waals surface area contributed by atoms with Gasteiger partial charge in [0.1, 0.15) is 5.75 Å². The van der Waals surface area contributed by atoms with E-state index in [-0.39, 0.29) is 0 Å². The molecule has 0 saturated heterocycles. The van der Waals surface area contributed by atoms with Gasteiger partial charge in [0.05, 0.1) is 6.61 Å². The molecule has 1 aromatic rings. The van der Waals surface area contributed by atoms with Gasteiger partial charge in [0.2, 0.25) is 0 Å². The molecular formula is C13H16O. The van der Waals surface area contributed by atoms with E-state index in [0.29, 0.717) is 0 Å². The second kappa shape index (κ2) is 3.01. The molecule has 3 rings (SSSR count). The SMILES string of the molecule is CC[C@@H]1CC1c1cccc2c1CCO2. The fraction of sp³-hybridized carbons (Fsp3) is 0.538. The van der Waals surface area contributed by atoms with Gasteiger partial charge >= 0.3 is 0 Å². The van der Waals surface area contributed by atoms with Crippen LogP contribution in [0, 0.1) is 5.92 Å². The highest BCUT2D eigenvalue weighted by molar-refractivity contribution is 5.46. The van der Waals surface area contributed by atoms with Gasteiger partial charge in [-0.3, -0.25) is 0 Å². The second-order valence-corrected chi connectivity index (χ2v) is 4.43. The molecule has 1 unspecified atom stereocenters. The van der Waals surface area contributed by atoms with Crippen molar-refractivity contribution in [3.63, 3.8) is 0 Å². The summed E-state index contributed by atoms with van der Waals surface area (Å²) in [6.07, 6.45) is 3.85. The number of hydrogen-bond acceptors (Lipinski definition) is 1. The van der Waals surface area contributed by atoms with E-state index in [0.717, 1.165) is 30.6 Å². The molecule has 0 amide bonds. The third-order valence-corrected chi connectivity index (χ3v) is 3.63. The molecule has 1 aliphatic carbocycles. The van der Waals surface area contributed by atoms with Crippen LogP contribution in [0.4, 0.5) is 0 Å². The van der Waals surface area contributed by atoms with Crippen LogP contribution in [0.15, 0.2) is 18.2 Å². The Hall–Kier alpha value is -0.980. The van der Waals surface area contributed by atoms with Gasteiger partial charge in [0, 0.05) is 12.0 Å². The first kappa shape index (κ1) is 8.34. The van der Waals surface area contributed by atoms with Crippen LogP contribution >= 0.6 is 0 Å². The molecule has 1 heteroatoms. The van der Waals surface area contributed by atoms with Crippen LogP contribution in [-0.4, -0.2) is 6.61 Å². The van der Waals surface area contributed by atoms with Crippen LogP contribution in [0.1, 0.15) is 36.8 Å². The van der Waals surface area contributed by atoms with Gasteiger partial charge in [-0.15, -0.1) is 0 Å². The molecule has 2 atom stereocenters. The highest BCUT2D eigenvalue weighted by Crippen LogP contribution is 2.51. The summed E-state index contributed by atoms with van der Waals surface area (Å²) in [6, 6.07) is 6.55. The summed E-state index contributed by atoms with van der Waals surface area (Å²) in [4.78, 5) is 0. The van der Waals surface area contributed by atoms with Gasteiger partial charge in [0.25, 0.3) is 0 Å². The lowest BCUT2D eigenvalue weighted by Gasteiger charge is -2.05. The van der Waals surface area contributed by atoms with Crippen LogP contribution in [0.5, 0.6) is 5.75 Å². The molecule has 1 heterocycles. The molecule has 0 spiro atoms. The Bertz CT molecular complexity index is 356. The van der Waals surface area contributed by atoms with Crippen LogP contribution in [0.2, 0.25) is 0 Å². The van der Waals surface area contributed by atoms with E-state index in [1.54, 1.807) is 5.56 Å². The molecule has 14 heavy (non-hydrogen) atoms. The molecule has 74 valence electrons. The summed E-state index contributed by atoms with van der Waals surface area (Å²) in [5.41, 5.74) is 3.07. The molecular weight excluding hydrogens is 172 g/mol. The average Bonchev–Trinajstić information content (AvgIpc) is 2.85. The van der Waals surface area contributed by atoms with E-state index in [1.807, 2.05) is 0 Å². The number of rotatable bonds is 2. The third kappa shape index (κ3) is 1.15. The zero-order valence-electron chi connectivity index (χ0n) is 8.62. The van der Waals surface area contributed by atoms with Crippen LogP contribution in [0.3, 0.4) is 0 Å². The lowest BCUT2D eigenvalue weighted by atomic mass is 9.99. The fourth-order valence-electron chi connectivity index (χ4n) is 2.68. The normalized spacial score (nSPS) is 28.4. The van der Waals surface area contributed by atoms with Crippen LogP contribution in [-0.2, 0) is 6.42 Å². The van der Waals surface area contributed by atoms with Crippen molar-refractivity contribution in [1.29, 1.82) is 0 Å². The molecule has 0 aromatic heterocycles. The Morgan fingerprint density at radius 1 is 1.43 bits per heavy atom. The predicted molar refractivity (Wildman–Crippen MR) is 56.8 cm³/mol. The molecule has 2 aliphatic rings. The minimum absolute atomic E-state index is 0.844. The summed E-state index contributed by atoms with van der Waals surface area (Å²) in [5, 5.41) is 0. The molecule has 0 N–H and O–H groups in total. The van der Waals surface area contributed by atoms with E-state index in [9.17, 15) is 0 Å². The Morgan fingerprint density at radius 3 is 3.14 bits per heavy atom. The smallest absolute Gasteiger partial charge is 0.122 e. The van der Waals surface area contributed by atoms with Gasteiger partial charge in [-0.25, -0.2) is 0 Å². The van der Waals surface area contributed by atoms with Crippen molar-refractivity contribution in [3.05, 3.63) is 29.3 Å². The highest BCUT2D eigenvalue weighted by Gasteiger charge is 2.38. The van der Waals surface area contributed by atoms with Crippen molar-refractivity contribution >= 4 is 0 Å². The summed E-state index contributed by atoms with van der Waals surface area (Å²) < 4.78 is 5.59. The zero-order chi connectivity index (χ0) is 9.54. The van der Waals surface area contributed by atoms with Crippen molar-refractivity contribution in [2.75, 3.05) is 6.61 Å². The number of benzene rings is 1. The maximum Gasteiger partial charge on any atom is 0.122 e. The molecule has 1 fully saturated rings. The summed E-state index contributed by atoms with van der Waals surface area (Å²) in [5.74, 6) is 2.93. The number of ether oxygens (including phenoxy) is 1. The average molecular weight is 188 g/mol. The minimum atomic E-state index is 0.844. The Morgan fingerprint density at radius 2 is 2.36 bits per heavy atom. The van der Waals surface area contributed by atoms with Gasteiger partial charge in [0.15, 0.2) is 0 Å². The van der Waals surface area contributed by atoms with E-state index in [1.165, 1.54) is 18.4 Å². The highest BCUT2D eigenvalue weighted by atomic mass is 16.5. The van der Waals surface area contributed by atoms with Gasteiger partial charge in [-0.2, -0.15) is 0 Å². The summed E-state index contributed by atoms with van der Waals surface area (Å²) in [6.45, 7) is 3.18. The van der Waals surface area contributed by atoms with E-state index >= 15 is 0 Å². The molecule has 0 radical (unpaired) electrons. The topological polar surface area (TPSA) is 9.23 Å². The Labute approximate surface area is 85.1 Å². The van der Waals surface area contributed by atoms with Crippen molar-refractivity contribution in [1.82, 2.24) is 0 Å². The first-order valence-corrected chi connectivity index (χ1v) is 5.64. The fourth-order valence-corrected chi connectivity index (χ4v) is 2.68. The van der Waals surface area contributed by atoms with Gasteiger partial charge in [-0.1, -0.05) is 25.5 Å². The lowest BCUT2D eigenvalue weighted by molar-refractivity contribution is 0.357. The number of fused-ring (bicyclic) bond motifs is 1. The van der Waals surface area contributed by atoms with Crippen molar-refractivity contribution in [2.24, 2.45) is 5.92 Å². The van der Waals surface area contributed by atoms with E-state index < -0.39 is 0 Å². The first-order chi connectivity index (χ1) is 6.90. The summed E-state index contributed by atoms with van der Waals surface area (Å²) in [7, 11) is 0. The first-order valence-electron chi connectivity index (χ1n) is 5.64. The lowest BCUT2D eigenvalue weighted by Crippen LogP contribution is -1.90. The van der Waals surface area contributed by atoms with Crippen LogP contribution in [0.25, 0.3) is 0 Å². The van der Waals surface area contributed by atoms with Gasteiger partial charge in [-0.05, 0) is 29.9 Å². The third-order valence-electron chi connectivity index (χ3n) is 3.63. The standard InChI is InChI=1S/C13H16O/c1-2-9-8-12(9)10-4-3-5-13-11(10)6-7-14-13/h3-5,9,12H,2,6-8H2,1H3/t9-,12?/m1/s1. The quantitative estimate of drug-likeness (QED) is 0.692. The summed E-state index contributed by atoms with van der Waals surface area (Å²) >= 11 is 0. The maximum atomic E-state index is 5.59. The molecule has 1 saturated carbocycles. The zero-order valence-corrected chi connectivity index (χ0v) is 8.62. The van der Waals surface area contributed by atoms with Gasteiger partial charge < -0.3 is 4.74 Å². The van der Waals surface area contributed by atoms with Crippen LogP contribution < -0.4 is 4.74 Å². The minimum Gasteiger partial charge on any atom is -0.493 e. The predicted octanol–water partition coefficient (Wildman–Crippen LogP) is 3.14. The Balaban J connectivity index is 1.95. The maximum absolute atomic E-state index is 5.59. The van der Waals surface area contributed by atoms with E-state index in [2.05, 4.69) is 25.1 Å². The molecule has 1 aliphatic heterocycles. The number of hydrogen-bond donors (Lipinski definition) is 0. The monoisotopic (exact) mass is 188 g/mol.